The van der Waals surface area contributed by atoms with Crippen LogP contribution in [0.25, 0.3) is 0 Å². The maximum Gasteiger partial charge on any atom is 0.148 e. The fraction of sp³-hybridized carbons (Fsp3) is 0.636. The summed E-state index contributed by atoms with van der Waals surface area (Å²) in [6.45, 7) is 6.12. The van der Waals surface area contributed by atoms with E-state index in [1.165, 1.54) is 0 Å². The first-order valence-corrected chi connectivity index (χ1v) is 6.13. The molecule has 1 aliphatic heterocycles. The summed E-state index contributed by atoms with van der Waals surface area (Å²) < 4.78 is 0. The highest BCUT2D eigenvalue weighted by molar-refractivity contribution is 5.58. The molecule has 1 fully saturated rings. The van der Waals surface area contributed by atoms with Gasteiger partial charge in [-0.15, -0.1) is 0 Å². The first kappa shape index (κ1) is 12.1. The maximum atomic E-state index is 5.51. The first-order valence-electron chi connectivity index (χ1n) is 6.13. The average Bonchev–Trinajstić information content (AvgIpc) is 2.40. The molecule has 2 heterocycles. The Morgan fingerprint density at radius 2 is 2.18 bits per heavy atom. The van der Waals surface area contributed by atoms with E-state index in [1.54, 1.807) is 6.33 Å². The molecule has 0 amide bonds. The smallest absolute Gasteiger partial charge is 0.148 e. The number of piperazine rings is 1. The number of anilines is 2. The van der Waals surface area contributed by atoms with Crippen molar-refractivity contribution in [3.05, 3.63) is 11.9 Å². The van der Waals surface area contributed by atoms with Crippen molar-refractivity contribution in [3.8, 4) is 0 Å². The highest BCUT2D eigenvalue weighted by atomic mass is 15.3. The predicted molar refractivity (Wildman–Crippen MR) is 68.9 cm³/mol. The van der Waals surface area contributed by atoms with Gasteiger partial charge in [0.1, 0.15) is 18.0 Å². The lowest BCUT2D eigenvalue weighted by Crippen LogP contribution is -2.44. The molecule has 2 rings (SSSR count). The molecule has 1 saturated heterocycles. The van der Waals surface area contributed by atoms with Crippen molar-refractivity contribution in [1.82, 2.24) is 15.3 Å². The largest absolute Gasteiger partial charge is 0.354 e. The molecule has 6 heteroatoms. The third-order valence-electron chi connectivity index (χ3n) is 2.98. The highest BCUT2D eigenvalue weighted by Crippen LogP contribution is 2.24. The molecular weight excluding hydrogens is 216 g/mol. The van der Waals surface area contributed by atoms with Gasteiger partial charge in [-0.3, -0.25) is 0 Å². The lowest BCUT2D eigenvalue weighted by molar-refractivity contribution is 0.582. The summed E-state index contributed by atoms with van der Waals surface area (Å²) in [6, 6.07) is 0. The zero-order valence-corrected chi connectivity index (χ0v) is 10.2. The SMILES string of the molecule is CCCc1c(NN)ncnc1N1CCNCC1. The van der Waals surface area contributed by atoms with Gasteiger partial charge in [-0.1, -0.05) is 13.3 Å². The lowest BCUT2D eigenvalue weighted by atomic mass is 10.1. The topological polar surface area (TPSA) is 79.1 Å². The van der Waals surface area contributed by atoms with E-state index in [0.29, 0.717) is 0 Å². The van der Waals surface area contributed by atoms with E-state index in [-0.39, 0.29) is 0 Å². The third kappa shape index (κ3) is 2.65. The van der Waals surface area contributed by atoms with E-state index in [9.17, 15) is 0 Å². The number of hydrazine groups is 1. The molecule has 0 spiro atoms. The summed E-state index contributed by atoms with van der Waals surface area (Å²) >= 11 is 0. The average molecular weight is 236 g/mol. The molecular formula is C11H20N6. The number of nitrogen functional groups attached to an aromatic ring is 1. The second-order valence-electron chi connectivity index (χ2n) is 4.16. The summed E-state index contributed by atoms with van der Waals surface area (Å²) in [7, 11) is 0. The minimum Gasteiger partial charge on any atom is -0.354 e. The van der Waals surface area contributed by atoms with Crippen LogP contribution in [0.1, 0.15) is 18.9 Å². The Bertz CT molecular complexity index is 361. The van der Waals surface area contributed by atoms with Gasteiger partial charge < -0.3 is 15.6 Å². The van der Waals surface area contributed by atoms with E-state index in [4.69, 9.17) is 5.84 Å². The molecule has 94 valence electrons. The van der Waals surface area contributed by atoms with E-state index in [0.717, 1.165) is 56.2 Å². The molecule has 6 nitrogen and oxygen atoms in total. The van der Waals surface area contributed by atoms with Crippen LogP contribution in [-0.4, -0.2) is 36.1 Å². The summed E-state index contributed by atoms with van der Waals surface area (Å²) in [4.78, 5) is 10.9. The van der Waals surface area contributed by atoms with Gasteiger partial charge in [0.2, 0.25) is 0 Å². The Balaban J connectivity index is 2.30. The molecule has 0 bridgehead atoms. The minimum atomic E-state index is 0.746. The van der Waals surface area contributed by atoms with Crippen LogP contribution in [0.5, 0.6) is 0 Å². The molecule has 17 heavy (non-hydrogen) atoms. The Labute approximate surface area is 102 Å². The van der Waals surface area contributed by atoms with Crippen molar-refractivity contribution in [3.63, 3.8) is 0 Å². The molecule has 4 N–H and O–H groups in total. The summed E-state index contributed by atoms with van der Waals surface area (Å²) in [6.07, 6.45) is 3.58. The zero-order valence-electron chi connectivity index (χ0n) is 10.2. The van der Waals surface area contributed by atoms with Gasteiger partial charge in [-0.2, -0.15) is 0 Å². The van der Waals surface area contributed by atoms with Crippen LogP contribution in [0, 0.1) is 0 Å². The van der Waals surface area contributed by atoms with Gasteiger partial charge >= 0.3 is 0 Å². The number of aromatic nitrogens is 2. The van der Waals surface area contributed by atoms with Crippen molar-refractivity contribution >= 4 is 11.6 Å². The molecule has 0 unspecified atom stereocenters. The van der Waals surface area contributed by atoms with Crippen LogP contribution in [0.2, 0.25) is 0 Å². The highest BCUT2D eigenvalue weighted by Gasteiger charge is 2.17. The molecule has 0 aromatic carbocycles. The summed E-state index contributed by atoms with van der Waals surface area (Å²) in [5, 5.41) is 3.34. The van der Waals surface area contributed by atoms with E-state index < -0.39 is 0 Å². The Morgan fingerprint density at radius 3 is 2.82 bits per heavy atom. The van der Waals surface area contributed by atoms with Gasteiger partial charge in [0.15, 0.2) is 0 Å². The van der Waals surface area contributed by atoms with Crippen LogP contribution in [0.15, 0.2) is 6.33 Å². The van der Waals surface area contributed by atoms with Crippen LogP contribution in [0.3, 0.4) is 0 Å². The van der Waals surface area contributed by atoms with Crippen LogP contribution in [0.4, 0.5) is 11.6 Å². The number of hydrogen-bond acceptors (Lipinski definition) is 6. The number of nitrogens with one attached hydrogen (secondary N) is 2. The molecule has 1 aromatic rings. The van der Waals surface area contributed by atoms with Crippen molar-refractivity contribution < 1.29 is 0 Å². The molecule has 1 aliphatic rings. The van der Waals surface area contributed by atoms with Crippen molar-refractivity contribution in [2.45, 2.75) is 19.8 Å². The number of rotatable bonds is 4. The molecule has 0 atom stereocenters. The summed E-state index contributed by atoms with van der Waals surface area (Å²) in [5.41, 5.74) is 3.79. The predicted octanol–water partition coefficient (Wildman–Crippen LogP) is 0.124. The lowest BCUT2D eigenvalue weighted by Gasteiger charge is -2.30. The van der Waals surface area contributed by atoms with E-state index in [1.807, 2.05) is 0 Å². The first-order chi connectivity index (χ1) is 8.36. The standard InChI is InChI=1S/C11H20N6/c1-2-3-9-10(16-12)14-8-15-11(9)17-6-4-13-5-7-17/h8,13H,2-7,12H2,1H3,(H,14,15,16). The van der Waals surface area contributed by atoms with Crippen molar-refractivity contribution in [2.75, 3.05) is 36.5 Å². The zero-order chi connectivity index (χ0) is 12.1. The second-order valence-corrected chi connectivity index (χ2v) is 4.16. The maximum absolute atomic E-state index is 5.51. The molecule has 0 aliphatic carbocycles. The van der Waals surface area contributed by atoms with Gasteiger partial charge in [-0.05, 0) is 6.42 Å². The fourth-order valence-corrected chi connectivity index (χ4v) is 2.16. The fourth-order valence-electron chi connectivity index (χ4n) is 2.16. The van der Waals surface area contributed by atoms with Crippen molar-refractivity contribution in [2.24, 2.45) is 5.84 Å². The molecule has 0 radical (unpaired) electrons. The third-order valence-corrected chi connectivity index (χ3v) is 2.98. The van der Waals surface area contributed by atoms with Gasteiger partial charge in [0.05, 0.1) is 0 Å². The number of hydrogen-bond donors (Lipinski definition) is 3. The Morgan fingerprint density at radius 1 is 1.41 bits per heavy atom. The monoisotopic (exact) mass is 236 g/mol. The number of nitrogens with zero attached hydrogens (tertiary/aromatic N) is 3. The molecule has 0 saturated carbocycles. The van der Waals surface area contributed by atoms with Crippen molar-refractivity contribution in [1.29, 1.82) is 0 Å². The van der Waals surface area contributed by atoms with Crippen LogP contribution < -0.4 is 21.5 Å². The summed E-state index contributed by atoms with van der Waals surface area (Å²) in [5.74, 6) is 7.28. The molecule has 1 aromatic heterocycles. The Kier molecular flexibility index (Phi) is 4.11. The second kappa shape index (κ2) is 5.79. The number of nitrogens with two attached hydrogens (primary N) is 1. The van der Waals surface area contributed by atoms with E-state index in [2.05, 4.69) is 32.5 Å². The van der Waals surface area contributed by atoms with Gasteiger partial charge in [0, 0.05) is 31.7 Å². The van der Waals surface area contributed by atoms with E-state index >= 15 is 0 Å². The Hall–Kier alpha value is -1.40. The normalized spacial score (nSPS) is 16.0. The van der Waals surface area contributed by atoms with Crippen LogP contribution >= 0.6 is 0 Å². The minimum absolute atomic E-state index is 0.746. The van der Waals surface area contributed by atoms with Gasteiger partial charge in [-0.25, -0.2) is 15.8 Å². The van der Waals surface area contributed by atoms with Gasteiger partial charge in [0.25, 0.3) is 0 Å². The van der Waals surface area contributed by atoms with Crippen LogP contribution in [-0.2, 0) is 6.42 Å². The quantitative estimate of drug-likeness (QED) is 0.509.